The highest BCUT2D eigenvalue weighted by molar-refractivity contribution is 7.99. The number of carbonyl (C=O) groups excluding carboxylic acids is 1. The van der Waals surface area contributed by atoms with E-state index in [-0.39, 0.29) is 18.2 Å². The highest BCUT2D eigenvalue weighted by Gasteiger charge is 2.22. The molecule has 10 nitrogen and oxygen atoms in total. The molecule has 0 radical (unpaired) electrons. The molecule has 14 heteroatoms. The summed E-state index contributed by atoms with van der Waals surface area (Å²) in [6, 6.07) is 5.16. The first-order valence-electron chi connectivity index (χ1n) is 9.05. The van der Waals surface area contributed by atoms with Crippen LogP contribution in [0.25, 0.3) is 0 Å². The molecule has 0 spiro atoms. The molecule has 0 bridgehead atoms. The third-order valence-corrected chi connectivity index (χ3v) is 6.88. The Kier molecular flexibility index (Phi) is 7.23. The minimum Gasteiger partial charge on any atom is -0.305 e. The van der Waals surface area contributed by atoms with Crippen LogP contribution in [-0.2, 0) is 27.9 Å². The van der Waals surface area contributed by atoms with Crippen molar-refractivity contribution in [1.29, 1.82) is 0 Å². The van der Waals surface area contributed by atoms with E-state index in [4.69, 9.17) is 0 Å². The molecule has 0 fully saturated rings. The molecule has 3 rings (SSSR count). The Labute approximate surface area is 186 Å². The van der Waals surface area contributed by atoms with E-state index in [1.54, 1.807) is 11.5 Å². The average molecular weight is 486 g/mol. The van der Waals surface area contributed by atoms with Crippen molar-refractivity contribution in [3.8, 4) is 0 Å². The van der Waals surface area contributed by atoms with Crippen molar-refractivity contribution >= 4 is 49.8 Å². The Hall–Kier alpha value is -2.58. The van der Waals surface area contributed by atoms with Crippen LogP contribution in [0.5, 0.6) is 0 Å². The van der Waals surface area contributed by atoms with Gasteiger partial charge in [-0.15, -0.1) is 20.4 Å². The summed E-state index contributed by atoms with van der Waals surface area (Å²) < 4.78 is 40.8. The second-order valence-corrected chi connectivity index (χ2v) is 10.4. The average Bonchev–Trinajstić information content (AvgIpc) is 3.29. The Morgan fingerprint density at radius 1 is 1.23 bits per heavy atom. The highest BCUT2D eigenvalue weighted by atomic mass is 32.2. The lowest BCUT2D eigenvalue weighted by molar-refractivity contribution is -0.113. The lowest BCUT2D eigenvalue weighted by Crippen LogP contribution is -2.30. The molecule has 0 aliphatic carbocycles. The minimum atomic E-state index is -3.66. The fourth-order valence-electron chi connectivity index (χ4n) is 2.63. The van der Waals surface area contributed by atoms with Crippen LogP contribution in [0.15, 0.2) is 29.4 Å². The Balaban J connectivity index is 1.73. The van der Waals surface area contributed by atoms with Gasteiger partial charge in [-0.05, 0) is 38.1 Å². The van der Waals surface area contributed by atoms with Gasteiger partial charge in [-0.3, -0.25) is 14.4 Å². The maximum Gasteiger partial charge on any atom is 0.236 e. The number of nitrogens with zero attached hydrogens (tertiary/aromatic N) is 6. The van der Waals surface area contributed by atoms with Crippen LogP contribution in [-0.4, -0.2) is 51.3 Å². The van der Waals surface area contributed by atoms with E-state index >= 15 is 0 Å². The number of anilines is 2. The highest BCUT2D eigenvalue weighted by Crippen LogP contribution is 2.23. The number of halogens is 1. The summed E-state index contributed by atoms with van der Waals surface area (Å²) in [5, 5.41) is 20.2. The molecular weight excluding hydrogens is 465 g/mol. The molecule has 1 N–H and O–H groups in total. The van der Waals surface area contributed by atoms with Gasteiger partial charge in [0.15, 0.2) is 11.0 Å². The van der Waals surface area contributed by atoms with E-state index < -0.39 is 15.8 Å². The minimum absolute atomic E-state index is 0.0739. The van der Waals surface area contributed by atoms with E-state index in [1.165, 1.54) is 47.4 Å². The Bertz CT molecular complexity index is 1160. The van der Waals surface area contributed by atoms with Crippen molar-refractivity contribution in [3.05, 3.63) is 40.9 Å². The molecule has 0 aliphatic rings. The molecule has 0 aliphatic heterocycles. The third-order valence-electron chi connectivity index (χ3n) is 4.01. The number of amides is 1. The molecule has 0 unspecified atom stereocenters. The first kappa shape index (κ1) is 23.1. The number of aryl methyl sites for hydroxylation is 1. The number of benzene rings is 1. The second-order valence-electron chi connectivity index (χ2n) is 6.35. The number of thioether (sulfide) groups is 1. The van der Waals surface area contributed by atoms with Gasteiger partial charge in [0, 0.05) is 6.54 Å². The van der Waals surface area contributed by atoms with Gasteiger partial charge in [0.2, 0.25) is 21.1 Å². The smallest absolute Gasteiger partial charge is 0.236 e. The third kappa shape index (κ3) is 5.98. The summed E-state index contributed by atoms with van der Waals surface area (Å²) in [6.07, 6.45) is 1.07. The zero-order valence-corrected chi connectivity index (χ0v) is 19.4. The van der Waals surface area contributed by atoms with Gasteiger partial charge in [0.05, 0.1) is 24.2 Å². The maximum atomic E-state index is 13.2. The monoisotopic (exact) mass is 485 g/mol. The van der Waals surface area contributed by atoms with Gasteiger partial charge in [0.25, 0.3) is 0 Å². The van der Waals surface area contributed by atoms with Crippen molar-refractivity contribution in [3.63, 3.8) is 0 Å². The van der Waals surface area contributed by atoms with Crippen molar-refractivity contribution in [2.45, 2.75) is 32.1 Å². The number of sulfonamides is 1. The van der Waals surface area contributed by atoms with Gasteiger partial charge < -0.3 is 4.57 Å². The molecule has 31 heavy (non-hydrogen) atoms. The quantitative estimate of drug-likeness (QED) is 0.458. The van der Waals surface area contributed by atoms with Gasteiger partial charge >= 0.3 is 0 Å². The molecule has 0 saturated carbocycles. The summed E-state index contributed by atoms with van der Waals surface area (Å²) in [4.78, 5) is 12.2. The number of hydrogen-bond acceptors (Lipinski definition) is 9. The van der Waals surface area contributed by atoms with E-state index in [1.807, 2.05) is 6.92 Å². The topological polar surface area (TPSA) is 123 Å². The van der Waals surface area contributed by atoms with Crippen LogP contribution in [0.2, 0.25) is 0 Å². The fourth-order valence-corrected chi connectivity index (χ4v) is 4.91. The first-order valence-corrected chi connectivity index (χ1v) is 12.7. The van der Waals surface area contributed by atoms with Crippen LogP contribution in [0, 0.1) is 12.7 Å². The van der Waals surface area contributed by atoms with E-state index in [0.29, 0.717) is 28.3 Å². The summed E-state index contributed by atoms with van der Waals surface area (Å²) in [5.41, 5.74) is 0.315. The van der Waals surface area contributed by atoms with E-state index in [2.05, 4.69) is 25.7 Å². The normalized spacial score (nSPS) is 11.5. The van der Waals surface area contributed by atoms with Crippen LogP contribution in [0.3, 0.4) is 0 Å². The van der Waals surface area contributed by atoms with Gasteiger partial charge in [-0.1, -0.05) is 23.1 Å². The van der Waals surface area contributed by atoms with Gasteiger partial charge in [-0.2, -0.15) is 0 Å². The zero-order valence-electron chi connectivity index (χ0n) is 16.9. The van der Waals surface area contributed by atoms with Crippen LogP contribution < -0.4 is 9.62 Å². The lowest BCUT2D eigenvalue weighted by Gasteiger charge is -2.22. The van der Waals surface area contributed by atoms with Crippen molar-refractivity contribution < 1.29 is 17.6 Å². The van der Waals surface area contributed by atoms with Crippen LogP contribution in [0.1, 0.15) is 17.8 Å². The molecule has 2 aromatic heterocycles. The number of rotatable bonds is 9. The lowest BCUT2D eigenvalue weighted by atomic mass is 10.3. The predicted octanol–water partition coefficient (Wildman–Crippen LogP) is 2.29. The first-order chi connectivity index (χ1) is 14.7. The number of hydrogen-bond donors (Lipinski definition) is 1. The Morgan fingerprint density at radius 3 is 2.52 bits per heavy atom. The van der Waals surface area contributed by atoms with Crippen molar-refractivity contribution in [2.24, 2.45) is 0 Å². The molecule has 0 saturated heterocycles. The van der Waals surface area contributed by atoms with Crippen molar-refractivity contribution in [2.75, 3.05) is 21.6 Å². The predicted molar refractivity (Wildman–Crippen MR) is 117 cm³/mol. The van der Waals surface area contributed by atoms with Crippen LogP contribution >= 0.6 is 23.1 Å². The number of aromatic nitrogens is 5. The number of carbonyl (C=O) groups is 1. The molecule has 1 aromatic carbocycles. The molecule has 2 heterocycles. The summed E-state index contributed by atoms with van der Waals surface area (Å²) in [7, 11) is -3.66. The molecular formula is C17H20FN7O3S3. The maximum absolute atomic E-state index is 13.2. The van der Waals surface area contributed by atoms with Crippen molar-refractivity contribution in [1.82, 2.24) is 25.0 Å². The SMILES string of the molecule is CCn1c(CN(c2ccc(F)cc2)S(C)(=O)=O)nnc1SCC(=O)Nc1nnc(C)s1. The summed E-state index contributed by atoms with van der Waals surface area (Å²) in [5.74, 6) is -0.253. The van der Waals surface area contributed by atoms with E-state index in [9.17, 15) is 17.6 Å². The second kappa shape index (κ2) is 9.70. The standard InChI is InChI=1S/C17H20FN7O3S3/c1-4-24-14(9-25(31(3,27)28)13-7-5-12(18)6-8-13)21-23-17(24)29-10-15(26)19-16-22-20-11(2)30-16/h5-8H,4,9-10H2,1-3H3,(H,19,22,26). The largest absolute Gasteiger partial charge is 0.305 e. The molecule has 166 valence electrons. The number of nitrogens with one attached hydrogen (secondary N) is 1. The molecule has 0 atom stereocenters. The van der Waals surface area contributed by atoms with E-state index in [0.717, 1.165) is 15.6 Å². The van der Waals surface area contributed by atoms with Gasteiger partial charge in [0.1, 0.15) is 10.8 Å². The summed E-state index contributed by atoms with van der Waals surface area (Å²) >= 11 is 2.45. The molecule has 3 aromatic rings. The molecule has 1 amide bonds. The fraction of sp³-hybridized carbons (Fsp3) is 0.353. The van der Waals surface area contributed by atoms with Crippen LogP contribution in [0.4, 0.5) is 15.2 Å². The summed E-state index contributed by atoms with van der Waals surface area (Å²) in [6.45, 7) is 4.05. The zero-order chi connectivity index (χ0) is 22.6. The Morgan fingerprint density at radius 2 is 1.94 bits per heavy atom. The van der Waals surface area contributed by atoms with Gasteiger partial charge in [-0.25, -0.2) is 12.8 Å².